The van der Waals surface area contributed by atoms with E-state index in [2.05, 4.69) is 15.5 Å². The molecule has 1 aliphatic rings. The van der Waals surface area contributed by atoms with Gasteiger partial charge in [0.05, 0.1) is 23.7 Å². The summed E-state index contributed by atoms with van der Waals surface area (Å²) in [5.41, 5.74) is 3.85. The summed E-state index contributed by atoms with van der Waals surface area (Å²) < 4.78 is 21.8. The number of piperidine rings is 1. The van der Waals surface area contributed by atoms with Crippen LogP contribution >= 0.6 is 0 Å². The number of halogens is 1. The molecule has 3 aromatic rings. The molecule has 3 heterocycles. The average Bonchev–Trinajstić information content (AvgIpc) is 3.01. The van der Waals surface area contributed by atoms with Crippen LogP contribution in [0.4, 0.5) is 4.39 Å². The van der Waals surface area contributed by atoms with Gasteiger partial charge in [0.15, 0.2) is 5.82 Å². The number of nitrogens with zero attached hydrogens (tertiary/aromatic N) is 4. The van der Waals surface area contributed by atoms with Crippen molar-refractivity contribution in [1.82, 2.24) is 25.3 Å². The Hall–Kier alpha value is -2.54. The summed E-state index contributed by atoms with van der Waals surface area (Å²) in [6.07, 6.45) is 2.02. The Bertz CT molecular complexity index is 978. The maximum Gasteiger partial charge on any atom is 0.152 e. The zero-order valence-corrected chi connectivity index (χ0v) is 15.9. The fourth-order valence-electron chi connectivity index (χ4n) is 3.86. The average molecular weight is 369 g/mol. The van der Waals surface area contributed by atoms with Gasteiger partial charge in [0.25, 0.3) is 0 Å². The highest BCUT2D eigenvalue weighted by Gasteiger charge is 2.24. The van der Waals surface area contributed by atoms with E-state index in [1.165, 1.54) is 6.07 Å². The van der Waals surface area contributed by atoms with E-state index in [-0.39, 0.29) is 5.82 Å². The van der Waals surface area contributed by atoms with E-state index >= 15 is 0 Å². The van der Waals surface area contributed by atoms with Crippen LogP contribution in [0.2, 0.25) is 0 Å². The maximum absolute atomic E-state index is 14.7. The van der Waals surface area contributed by atoms with Gasteiger partial charge in [-0.2, -0.15) is 15.3 Å². The molecule has 1 aromatic carbocycles. The molecule has 0 unspecified atom stereocenters. The summed E-state index contributed by atoms with van der Waals surface area (Å²) in [6, 6.07) is 4.88. The van der Waals surface area contributed by atoms with Crippen LogP contribution in [-0.4, -0.2) is 39.7 Å². The third-order valence-electron chi connectivity index (χ3n) is 5.21. The number of hydrogen-bond donors (Lipinski definition) is 1. The Morgan fingerprint density at radius 1 is 1.22 bits per heavy atom. The number of ether oxygens (including phenoxy) is 1. The SMILES string of the molecule is CCOc1ccc(-n2nc3c(C4CCNCC4)nnc(C)c3c2C)c(F)c1. The first kappa shape index (κ1) is 17.9. The van der Waals surface area contributed by atoms with Crippen molar-refractivity contribution in [2.45, 2.75) is 39.5 Å². The van der Waals surface area contributed by atoms with Gasteiger partial charge in [-0.3, -0.25) is 0 Å². The number of aromatic nitrogens is 4. The normalized spacial score (nSPS) is 15.4. The zero-order valence-electron chi connectivity index (χ0n) is 15.9. The summed E-state index contributed by atoms with van der Waals surface area (Å²) >= 11 is 0. The Morgan fingerprint density at radius 2 is 2.00 bits per heavy atom. The summed E-state index contributed by atoms with van der Waals surface area (Å²) in [5, 5.41) is 18.0. The molecule has 142 valence electrons. The van der Waals surface area contributed by atoms with Crippen LogP contribution in [0.3, 0.4) is 0 Å². The number of rotatable bonds is 4. The molecule has 0 bridgehead atoms. The van der Waals surface area contributed by atoms with E-state index in [1.807, 2.05) is 20.8 Å². The molecule has 0 atom stereocenters. The van der Waals surface area contributed by atoms with Gasteiger partial charge in [0.2, 0.25) is 0 Å². The molecule has 0 radical (unpaired) electrons. The Balaban J connectivity index is 1.85. The smallest absolute Gasteiger partial charge is 0.152 e. The second kappa shape index (κ2) is 7.23. The van der Waals surface area contributed by atoms with E-state index in [0.29, 0.717) is 24.0 Å². The van der Waals surface area contributed by atoms with Gasteiger partial charge >= 0.3 is 0 Å². The van der Waals surface area contributed by atoms with Crippen molar-refractivity contribution < 1.29 is 9.13 Å². The van der Waals surface area contributed by atoms with Crippen molar-refractivity contribution in [2.24, 2.45) is 0 Å². The van der Waals surface area contributed by atoms with Gasteiger partial charge in [0.1, 0.15) is 17.0 Å². The van der Waals surface area contributed by atoms with Gasteiger partial charge in [-0.05, 0) is 58.8 Å². The molecule has 1 N–H and O–H groups in total. The van der Waals surface area contributed by atoms with E-state index in [0.717, 1.165) is 53.9 Å². The molecule has 1 aliphatic heterocycles. The lowest BCUT2D eigenvalue weighted by Gasteiger charge is -2.21. The van der Waals surface area contributed by atoms with Crippen molar-refractivity contribution in [3.63, 3.8) is 0 Å². The highest BCUT2D eigenvalue weighted by Crippen LogP contribution is 2.32. The minimum absolute atomic E-state index is 0.328. The van der Waals surface area contributed by atoms with E-state index in [9.17, 15) is 4.39 Å². The Labute approximate surface area is 157 Å². The fourth-order valence-corrected chi connectivity index (χ4v) is 3.86. The predicted molar refractivity (Wildman–Crippen MR) is 102 cm³/mol. The van der Waals surface area contributed by atoms with Gasteiger partial charge in [-0.15, -0.1) is 0 Å². The molecule has 6 nitrogen and oxygen atoms in total. The lowest BCUT2D eigenvalue weighted by atomic mass is 9.93. The number of benzene rings is 1. The minimum atomic E-state index is -0.362. The van der Waals surface area contributed by atoms with Crippen LogP contribution in [0.15, 0.2) is 18.2 Å². The van der Waals surface area contributed by atoms with Gasteiger partial charge in [-0.25, -0.2) is 9.07 Å². The highest BCUT2D eigenvalue weighted by molar-refractivity contribution is 5.86. The van der Waals surface area contributed by atoms with E-state index in [4.69, 9.17) is 9.84 Å². The quantitative estimate of drug-likeness (QED) is 0.763. The van der Waals surface area contributed by atoms with Crippen LogP contribution < -0.4 is 10.1 Å². The van der Waals surface area contributed by atoms with Crippen LogP contribution in [0.5, 0.6) is 5.75 Å². The predicted octanol–water partition coefficient (Wildman–Crippen LogP) is 3.44. The van der Waals surface area contributed by atoms with Crippen molar-refractivity contribution in [3.8, 4) is 11.4 Å². The third kappa shape index (κ3) is 3.16. The van der Waals surface area contributed by atoms with Crippen LogP contribution in [0, 0.1) is 19.7 Å². The third-order valence-corrected chi connectivity index (χ3v) is 5.21. The molecule has 1 fully saturated rings. The monoisotopic (exact) mass is 369 g/mol. The van der Waals surface area contributed by atoms with Crippen molar-refractivity contribution in [1.29, 1.82) is 0 Å². The summed E-state index contributed by atoms with van der Waals surface area (Å²) in [7, 11) is 0. The fraction of sp³-hybridized carbons (Fsp3) is 0.450. The number of aryl methyl sites for hydroxylation is 2. The van der Waals surface area contributed by atoms with Gasteiger partial charge in [-0.1, -0.05) is 0 Å². The standard InChI is InChI=1S/C20H24FN5O/c1-4-27-15-5-6-17(16(21)11-15)26-13(3)18-12(2)23-24-19(20(18)25-26)14-7-9-22-10-8-14/h5-6,11,14,22H,4,7-10H2,1-3H3. The van der Waals surface area contributed by atoms with Crippen molar-refractivity contribution in [2.75, 3.05) is 19.7 Å². The first-order valence-electron chi connectivity index (χ1n) is 9.46. The second-order valence-electron chi connectivity index (χ2n) is 6.96. The minimum Gasteiger partial charge on any atom is -0.494 e. The highest BCUT2D eigenvalue weighted by atomic mass is 19.1. The topological polar surface area (TPSA) is 64.9 Å². The molecule has 2 aromatic heterocycles. The molecule has 27 heavy (non-hydrogen) atoms. The molecule has 0 saturated carbocycles. The largest absolute Gasteiger partial charge is 0.494 e. The number of fused-ring (bicyclic) bond motifs is 1. The lowest BCUT2D eigenvalue weighted by molar-refractivity contribution is 0.338. The van der Waals surface area contributed by atoms with Gasteiger partial charge < -0.3 is 10.1 Å². The first-order valence-corrected chi connectivity index (χ1v) is 9.46. The molecule has 0 aliphatic carbocycles. The molecular formula is C20H24FN5O. The Kier molecular flexibility index (Phi) is 4.78. The zero-order chi connectivity index (χ0) is 19.0. The molecule has 7 heteroatoms. The molecule has 0 amide bonds. The van der Waals surface area contributed by atoms with Crippen LogP contribution in [-0.2, 0) is 0 Å². The van der Waals surface area contributed by atoms with Crippen molar-refractivity contribution in [3.05, 3.63) is 41.1 Å². The second-order valence-corrected chi connectivity index (χ2v) is 6.96. The van der Waals surface area contributed by atoms with Gasteiger partial charge in [0, 0.05) is 17.4 Å². The number of hydrogen-bond acceptors (Lipinski definition) is 5. The summed E-state index contributed by atoms with van der Waals surface area (Å²) in [5.74, 6) is 0.483. The lowest BCUT2D eigenvalue weighted by Crippen LogP contribution is -2.27. The van der Waals surface area contributed by atoms with Crippen LogP contribution in [0.25, 0.3) is 16.6 Å². The number of nitrogens with one attached hydrogen (secondary N) is 1. The van der Waals surface area contributed by atoms with E-state index in [1.54, 1.807) is 16.8 Å². The summed E-state index contributed by atoms with van der Waals surface area (Å²) in [4.78, 5) is 0. The summed E-state index contributed by atoms with van der Waals surface area (Å²) in [6.45, 7) is 8.19. The molecule has 0 spiro atoms. The van der Waals surface area contributed by atoms with Crippen LogP contribution in [0.1, 0.15) is 42.8 Å². The molecule has 4 rings (SSSR count). The van der Waals surface area contributed by atoms with Crippen molar-refractivity contribution >= 4 is 10.9 Å². The van der Waals surface area contributed by atoms with E-state index < -0.39 is 0 Å². The maximum atomic E-state index is 14.7. The Morgan fingerprint density at radius 3 is 2.70 bits per heavy atom. The molecular weight excluding hydrogens is 345 g/mol. The first-order chi connectivity index (χ1) is 13.1. The molecule has 1 saturated heterocycles.